The van der Waals surface area contributed by atoms with Crippen LogP contribution in [0.2, 0.25) is 0 Å². The van der Waals surface area contributed by atoms with Crippen molar-refractivity contribution in [1.29, 1.82) is 0 Å². The van der Waals surface area contributed by atoms with Crippen molar-refractivity contribution in [3.63, 3.8) is 0 Å². The van der Waals surface area contributed by atoms with E-state index in [4.69, 9.17) is 23.7 Å². The minimum atomic E-state index is -1.32. The van der Waals surface area contributed by atoms with Gasteiger partial charge in [0.1, 0.15) is 31.2 Å². The number of carbonyl (C=O) groups is 6. The number of rotatable bonds is 6. The number of fused-ring (bicyclic) bond motifs is 3. The molecule has 34 heavy (non-hydrogen) atoms. The molecular weight excluding hydrogens is 452 g/mol. The summed E-state index contributed by atoms with van der Waals surface area (Å²) >= 11 is 0. The highest BCUT2D eigenvalue weighted by atomic mass is 16.7. The number of esters is 4. The maximum Gasteiger partial charge on any atom is 0.338 e. The van der Waals surface area contributed by atoms with Gasteiger partial charge in [0.05, 0.1) is 12.0 Å². The molecule has 11 nitrogen and oxygen atoms in total. The summed E-state index contributed by atoms with van der Waals surface area (Å²) in [4.78, 5) is 72.5. The van der Waals surface area contributed by atoms with Crippen molar-refractivity contribution in [2.24, 2.45) is 0 Å². The third-order valence-electron chi connectivity index (χ3n) is 5.76. The molecule has 2 aliphatic heterocycles. The number of carbonyl (C=O) groups excluding carboxylic acids is 6. The van der Waals surface area contributed by atoms with E-state index in [1.165, 1.54) is 20.8 Å². The van der Waals surface area contributed by atoms with Crippen LogP contribution >= 0.6 is 0 Å². The van der Waals surface area contributed by atoms with Gasteiger partial charge in [-0.3, -0.25) is 19.2 Å². The Morgan fingerprint density at radius 1 is 1.09 bits per heavy atom. The van der Waals surface area contributed by atoms with Crippen molar-refractivity contribution in [1.82, 2.24) is 0 Å². The van der Waals surface area contributed by atoms with E-state index in [0.717, 1.165) is 6.08 Å². The molecule has 2 fully saturated rings. The Balaban J connectivity index is 1.94. The van der Waals surface area contributed by atoms with E-state index in [-0.39, 0.29) is 42.8 Å². The van der Waals surface area contributed by atoms with Crippen LogP contribution in [0.1, 0.15) is 47.0 Å². The summed E-state index contributed by atoms with van der Waals surface area (Å²) in [6.07, 6.45) is -2.36. The van der Waals surface area contributed by atoms with Crippen molar-refractivity contribution < 1.29 is 52.5 Å². The number of epoxide rings is 1. The van der Waals surface area contributed by atoms with Gasteiger partial charge in [0.2, 0.25) is 0 Å². The largest absolute Gasteiger partial charge is 0.461 e. The lowest BCUT2D eigenvalue weighted by atomic mass is 9.86. The zero-order valence-corrected chi connectivity index (χ0v) is 19.3. The molecule has 1 aliphatic carbocycles. The van der Waals surface area contributed by atoms with Gasteiger partial charge < -0.3 is 23.7 Å². The Morgan fingerprint density at radius 2 is 1.76 bits per heavy atom. The van der Waals surface area contributed by atoms with Crippen LogP contribution in [0.3, 0.4) is 0 Å². The molecule has 3 aliphatic rings. The first-order valence-corrected chi connectivity index (χ1v) is 10.7. The van der Waals surface area contributed by atoms with E-state index in [1.54, 1.807) is 6.92 Å². The molecule has 0 aromatic carbocycles. The van der Waals surface area contributed by atoms with Crippen LogP contribution in [-0.2, 0) is 52.5 Å². The van der Waals surface area contributed by atoms with Crippen molar-refractivity contribution in [2.45, 2.75) is 70.9 Å². The summed E-state index contributed by atoms with van der Waals surface area (Å²) in [6, 6.07) is 0. The number of hydrogen-bond acceptors (Lipinski definition) is 11. The van der Waals surface area contributed by atoms with Crippen LogP contribution in [0, 0.1) is 0 Å². The molecule has 0 N–H and O–H groups in total. The lowest BCUT2D eigenvalue weighted by molar-refractivity contribution is -0.145. The van der Waals surface area contributed by atoms with E-state index < -0.39 is 60.2 Å². The van der Waals surface area contributed by atoms with Crippen LogP contribution in [0.15, 0.2) is 22.8 Å². The molecule has 1 saturated heterocycles. The van der Waals surface area contributed by atoms with Crippen molar-refractivity contribution >= 4 is 35.4 Å². The van der Waals surface area contributed by atoms with Gasteiger partial charge in [-0.1, -0.05) is 0 Å². The SMILES string of the molecule is CC(=O)OCC1=C2C(OC(=O)/C=C(/C)COC(C)=O)CCC(=O)CC(=O)C3(C)OC3C2OC1=O. The molecule has 0 bridgehead atoms. The lowest BCUT2D eigenvalue weighted by Crippen LogP contribution is -2.37. The fraction of sp³-hybridized carbons (Fsp3) is 0.565. The number of ether oxygens (including phenoxy) is 5. The van der Waals surface area contributed by atoms with Gasteiger partial charge in [0, 0.05) is 31.9 Å². The number of Topliss-reactive ketones (excluding diaryl/α,β-unsaturated/α-hetero) is 2. The fourth-order valence-electron chi connectivity index (χ4n) is 3.91. The molecule has 0 amide bonds. The van der Waals surface area contributed by atoms with Gasteiger partial charge in [0.15, 0.2) is 17.5 Å². The van der Waals surface area contributed by atoms with Gasteiger partial charge in [0.25, 0.3) is 0 Å². The van der Waals surface area contributed by atoms with Crippen LogP contribution in [0.25, 0.3) is 0 Å². The summed E-state index contributed by atoms with van der Waals surface area (Å²) in [6.45, 7) is 4.92. The standard InChI is InChI=1S/C23H26O11/c1-11(9-30-12(2)24)7-18(28)32-16-6-5-14(26)8-17(27)23(4)21(34-23)20-19(16)15(22(29)33-20)10-31-13(3)25/h7,16,20-21H,5-6,8-10H2,1-4H3/b11-7-. The molecule has 11 heteroatoms. The highest BCUT2D eigenvalue weighted by Gasteiger charge is 2.66. The first-order valence-electron chi connectivity index (χ1n) is 10.7. The highest BCUT2D eigenvalue weighted by molar-refractivity contribution is 6.05. The average molecular weight is 478 g/mol. The second-order valence-electron chi connectivity index (χ2n) is 8.56. The summed E-state index contributed by atoms with van der Waals surface area (Å²) in [5, 5.41) is 0. The quantitative estimate of drug-likeness (QED) is 0.174. The Bertz CT molecular complexity index is 1000. The molecule has 0 aromatic heterocycles. The number of hydrogen-bond donors (Lipinski definition) is 0. The van der Waals surface area contributed by atoms with E-state index in [2.05, 4.69) is 0 Å². The van der Waals surface area contributed by atoms with Crippen LogP contribution in [0.5, 0.6) is 0 Å². The summed E-state index contributed by atoms with van der Waals surface area (Å²) in [5.74, 6) is -3.54. The highest BCUT2D eigenvalue weighted by Crippen LogP contribution is 2.47. The zero-order chi connectivity index (χ0) is 25.2. The van der Waals surface area contributed by atoms with Gasteiger partial charge in [-0.25, -0.2) is 9.59 Å². The van der Waals surface area contributed by atoms with Crippen LogP contribution < -0.4 is 0 Å². The molecule has 184 valence electrons. The van der Waals surface area contributed by atoms with E-state index in [0.29, 0.717) is 5.57 Å². The molecule has 0 aromatic rings. The van der Waals surface area contributed by atoms with Gasteiger partial charge in [-0.15, -0.1) is 0 Å². The first-order chi connectivity index (χ1) is 15.9. The Morgan fingerprint density at radius 3 is 2.41 bits per heavy atom. The van der Waals surface area contributed by atoms with E-state index in [1.807, 2.05) is 0 Å². The normalized spacial score (nSPS) is 29.0. The summed E-state index contributed by atoms with van der Waals surface area (Å²) in [7, 11) is 0. The molecule has 1 saturated carbocycles. The molecule has 0 radical (unpaired) electrons. The van der Waals surface area contributed by atoms with Crippen LogP contribution in [-0.4, -0.2) is 72.6 Å². The second kappa shape index (κ2) is 9.88. The van der Waals surface area contributed by atoms with Crippen molar-refractivity contribution in [3.8, 4) is 0 Å². The van der Waals surface area contributed by atoms with Gasteiger partial charge in [-0.2, -0.15) is 0 Å². The van der Waals surface area contributed by atoms with Gasteiger partial charge >= 0.3 is 23.9 Å². The van der Waals surface area contributed by atoms with E-state index in [9.17, 15) is 28.8 Å². The molecule has 4 unspecified atom stereocenters. The summed E-state index contributed by atoms with van der Waals surface area (Å²) < 4.78 is 26.5. The molecule has 2 heterocycles. The topological polar surface area (TPSA) is 152 Å². The molecule has 3 rings (SSSR count). The minimum Gasteiger partial charge on any atom is -0.461 e. The Kier molecular flexibility index (Phi) is 7.35. The average Bonchev–Trinajstić information content (AvgIpc) is 3.32. The summed E-state index contributed by atoms with van der Waals surface area (Å²) in [5.41, 5.74) is -0.752. The first kappa shape index (κ1) is 25.3. The maximum absolute atomic E-state index is 12.6. The third kappa shape index (κ3) is 5.58. The third-order valence-corrected chi connectivity index (χ3v) is 5.76. The Labute approximate surface area is 195 Å². The van der Waals surface area contributed by atoms with Crippen molar-refractivity contribution in [3.05, 3.63) is 22.8 Å². The second-order valence-corrected chi connectivity index (χ2v) is 8.56. The predicted octanol–water partition coefficient (Wildman–Crippen LogP) is 0.672. The van der Waals surface area contributed by atoms with Crippen molar-refractivity contribution in [2.75, 3.05) is 13.2 Å². The fourth-order valence-corrected chi connectivity index (χ4v) is 3.91. The lowest BCUT2D eigenvalue weighted by Gasteiger charge is -2.24. The zero-order valence-electron chi connectivity index (χ0n) is 19.3. The minimum absolute atomic E-state index is 0.0236. The molecule has 4 atom stereocenters. The maximum atomic E-state index is 12.6. The van der Waals surface area contributed by atoms with E-state index >= 15 is 0 Å². The monoisotopic (exact) mass is 478 g/mol. The smallest absolute Gasteiger partial charge is 0.338 e. The van der Waals surface area contributed by atoms with Crippen LogP contribution in [0.4, 0.5) is 0 Å². The Hall–Kier alpha value is -3.34. The predicted molar refractivity (Wildman–Crippen MR) is 111 cm³/mol. The molecular formula is C23H26O11. The van der Waals surface area contributed by atoms with Gasteiger partial charge in [-0.05, 0) is 25.8 Å². The molecule has 0 spiro atoms. The number of ketones is 2.